The van der Waals surface area contributed by atoms with E-state index in [4.69, 9.17) is 14.5 Å². The van der Waals surface area contributed by atoms with Gasteiger partial charge < -0.3 is 24.8 Å². The first-order valence-electron chi connectivity index (χ1n) is 16.7. The number of rotatable bonds is 3. The zero-order chi connectivity index (χ0) is 33.0. The number of fused-ring (bicyclic) bond motifs is 7. The van der Waals surface area contributed by atoms with Gasteiger partial charge in [-0.05, 0) is 66.8 Å². The second kappa shape index (κ2) is 12.3. The number of hydrogen-bond donors (Lipinski definition) is 2. The van der Waals surface area contributed by atoms with Gasteiger partial charge in [0.05, 0.1) is 24.1 Å². The van der Waals surface area contributed by atoms with Crippen molar-refractivity contribution in [3.8, 4) is 23.0 Å². The minimum Gasteiger partial charge on any atom is -0.508 e. The topological polar surface area (TPSA) is 113 Å². The molecule has 2 aromatic carbocycles. The molecule has 2 aromatic heterocycles. The summed E-state index contributed by atoms with van der Waals surface area (Å²) in [5.74, 6) is -1.24. The van der Waals surface area contributed by atoms with Crippen LogP contribution in [-0.2, 0) is 16.0 Å². The molecule has 5 aliphatic heterocycles. The summed E-state index contributed by atoms with van der Waals surface area (Å²) in [6.07, 6.45) is 3.40. The van der Waals surface area contributed by atoms with Crippen molar-refractivity contribution in [3.63, 3.8) is 0 Å². The Balaban J connectivity index is 1.31. The summed E-state index contributed by atoms with van der Waals surface area (Å²) in [5, 5.41) is 15.0. The molecule has 4 aromatic rings. The van der Waals surface area contributed by atoms with Gasteiger partial charge in [-0.15, -0.1) is 0 Å². The van der Waals surface area contributed by atoms with Crippen LogP contribution in [0.4, 0.5) is 19.0 Å². The number of amides is 1. The maximum atomic E-state index is 17.0. The number of carbonyl (C=O) groups is 1. The van der Waals surface area contributed by atoms with E-state index in [0.29, 0.717) is 79.8 Å². The van der Waals surface area contributed by atoms with Crippen molar-refractivity contribution in [2.24, 2.45) is 5.92 Å². The summed E-state index contributed by atoms with van der Waals surface area (Å²) in [6.45, 7) is 3.38. The largest absolute Gasteiger partial charge is 0.508 e. The Morgan fingerprint density at radius 2 is 2.02 bits per heavy atom. The van der Waals surface area contributed by atoms with E-state index in [2.05, 4.69) is 20.2 Å². The molecule has 1 amide bonds. The Labute approximate surface area is 275 Å². The number of anilines is 1. The van der Waals surface area contributed by atoms with Crippen molar-refractivity contribution in [1.82, 2.24) is 25.2 Å². The van der Waals surface area contributed by atoms with Gasteiger partial charge in [0, 0.05) is 56.7 Å². The number of nitrogens with zero attached hydrogens (tertiary/aromatic N) is 5. The van der Waals surface area contributed by atoms with Crippen molar-refractivity contribution in [1.29, 1.82) is 0 Å². The predicted molar refractivity (Wildman–Crippen MR) is 173 cm³/mol. The van der Waals surface area contributed by atoms with Crippen LogP contribution >= 0.6 is 0 Å². The second-order valence-corrected chi connectivity index (χ2v) is 13.5. The van der Waals surface area contributed by atoms with Crippen LogP contribution < -0.4 is 15.0 Å². The van der Waals surface area contributed by atoms with Crippen LogP contribution in [0.1, 0.15) is 37.7 Å². The summed E-state index contributed by atoms with van der Waals surface area (Å²) < 4.78 is 59.1. The van der Waals surface area contributed by atoms with Gasteiger partial charge in [-0.1, -0.05) is 6.07 Å². The molecule has 6 bridgehead atoms. The predicted octanol–water partition coefficient (Wildman–Crippen LogP) is 4.69. The van der Waals surface area contributed by atoms with Gasteiger partial charge in [-0.3, -0.25) is 14.7 Å². The number of pyridine rings is 1. The number of phenols is 1. The molecule has 48 heavy (non-hydrogen) atoms. The van der Waals surface area contributed by atoms with Crippen LogP contribution in [0.3, 0.4) is 0 Å². The van der Waals surface area contributed by atoms with Gasteiger partial charge in [0.1, 0.15) is 41.4 Å². The first-order chi connectivity index (χ1) is 23.3. The van der Waals surface area contributed by atoms with E-state index in [1.54, 1.807) is 0 Å². The maximum absolute atomic E-state index is 17.0. The molecule has 9 rings (SSSR count). The number of aromatic nitrogens is 3. The van der Waals surface area contributed by atoms with E-state index >= 15 is 8.78 Å². The van der Waals surface area contributed by atoms with Gasteiger partial charge >= 0.3 is 6.01 Å². The van der Waals surface area contributed by atoms with Crippen LogP contribution in [0.25, 0.3) is 32.9 Å². The highest BCUT2D eigenvalue weighted by Crippen LogP contribution is 2.42. The number of phenolic OH excluding ortho intramolecular Hbond substituents is 1. The fraction of sp³-hybridized carbons (Fsp3) is 0.486. The van der Waals surface area contributed by atoms with Crippen LogP contribution in [-0.4, -0.2) is 95.1 Å². The van der Waals surface area contributed by atoms with Crippen LogP contribution in [0.5, 0.6) is 11.8 Å². The highest BCUT2D eigenvalue weighted by Gasteiger charge is 2.49. The molecular formula is C35H37F3N6O4. The van der Waals surface area contributed by atoms with Crippen LogP contribution in [0, 0.1) is 17.6 Å². The van der Waals surface area contributed by atoms with E-state index in [0.717, 1.165) is 19.4 Å². The number of hydrogen-bond acceptors (Lipinski definition) is 9. The summed E-state index contributed by atoms with van der Waals surface area (Å²) >= 11 is 0. The lowest BCUT2D eigenvalue weighted by atomic mass is 9.93. The number of benzene rings is 2. The van der Waals surface area contributed by atoms with E-state index in [1.165, 1.54) is 30.5 Å². The van der Waals surface area contributed by atoms with Crippen LogP contribution in [0.15, 0.2) is 30.5 Å². The van der Waals surface area contributed by atoms with Gasteiger partial charge in [0.25, 0.3) is 0 Å². The normalized spacial score (nSPS) is 25.0. The lowest BCUT2D eigenvalue weighted by molar-refractivity contribution is -0.121. The minimum atomic E-state index is -0.939. The molecule has 10 nitrogen and oxygen atoms in total. The third-order valence-electron chi connectivity index (χ3n) is 10.3. The fourth-order valence-corrected chi connectivity index (χ4v) is 8.06. The van der Waals surface area contributed by atoms with E-state index in [1.807, 2.05) is 4.90 Å². The Kier molecular flexibility index (Phi) is 7.98. The number of aromatic hydroxyl groups is 1. The molecule has 13 heteroatoms. The van der Waals surface area contributed by atoms with Gasteiger partial charge in [-0.2, -0.15) is 9.97 Å². The monoisotopic (exact) mass is 662 g/mol. The number of halogens is 3. The molecule has 7 heterocycles. The van der Waals surface area contributed by atoms with E-state index in [9.17, 15) is 14.3 Å². The standard InChI is InChI=1S/C35H37F3N6O4/c36-22-13-35(7-2-8-44(35)17-22)19-48-34-41-32-26-15-40-31(30(32)38)25-12-23(45)11-21-5-6-27(37)24(29(21)25)3-1-4-28(46)39-14-20-16-43(33(26)42-34)9-10-47-18-20/h5-6,11-12,15,20,22,45H,1-4,7-10,13-14,16-19H2,(H,39,46). The van der Waals surface area contributed by atoms with Gasteiger partial charge in [0.15, 0.2) is 5.82 Å². The summed E-state index contributed by atoms with van der Waals surface area (Å²) in [4.78, 5) is 30.9. The van der Waals surface area contributed by atoms with Gasteiger partial charge in [-0.25, -0.2) is 13.2 Å². The summed E-state index contributed by atoms with van der Waals surface area (Å²) in [7, 11) is 0. The average Bonchev–Trinajstić information content (AvgIpc) is 3.48. The first kappa shape index (κ1) is 31.1. The van der Waals surface area contributed by atoms with Crippen molar-refractivity contribution in [3.05, 3.63) is 47.7 Å². The lowest BCUT2D eigenvalue weighted by Gasteiger charge is -2.31. The van der Waals surface area contributed by atoms with E-state index < -0.39 is 23.3 Å². The third kappa shape index (κ3) is 5.56. The number of alkyl halides is 1. The smallest absolute Gasteiger partial charge is 0.319 e. The Morgan fingerprint density at radius 3 is 2.92 bits per heavy atom. The molecule has 3 atom stereocenters. The number of nitrogens with one attached hydrogen (secondary N) is 1. The Bertz CT molecular complexity index is 1910. The second-order valence-electron chi connectivity index (χ2n) is 13.5. The minimum absolute atomic E-state index is 0.0376. The van der Waals surface area contributed by atoms with Crippen LogP contribution in [0.2, 0.25) is 0 Å². The summed E-state index contributed by atoms with van der Waals surface area (Å²) in [5.41, 5.74) is -0.0968. The molecule has 0 saturated carbocycles. The molecule has 3 unspecified atom stereocenters. The number of carbonyl (C=O) groups excluding carboxylic acids is 1. The third-order valence-corrected chi connectivity index (χ3v) is 10.3. The van der Waals surface area contributed by atoms with Crippen molar-refractivity contribution in [2.75, 3.05) is 57.4 Å². The molecular weight excluding hydrogens is 625 g/mol. The highest BCUT2D eigenvalue weighted by atomic mass is 19.1. The molecule has 2 N–H and O–H groups in total. The molecule has 0 radical (unpaired) electrons. The van der Waals surface area contributed by atoms with Gasteiger partial charge in [0.2, 0.25) is 5.91 Å². The molecule has 3 fully saturated rings. The van der Waals surface area contributed by atoms with Crippen molar-refractivity contribution >= 4 is 33.4 Å². The fourth-order valence-electron chi connectivity index (χ4n) is 8.06. The molecule has 3 saturated heterocycles. The molecule has 5 aliphatic rings. The SMILES string of the molecule is O=C1CCCc2c(F)ccc3cc(O)cc(c23)-c2ncc3c(nc(OCC45CCCN4CC(F)C5)nc3c2F)N2CCOCC(CN1)C2. The molecule has 0 aliphatic carbocycles. The Morgan fingerprint density at radius 1 is 1.12 bits per heavy atom. The summed E-state index contributed by atoms with van der Waals surface area (Å²) in [6, 6.07) is 5.68. The van der Waals surface area contributed by atoms with E-state index in [-0.39, 0.29) is 59.8 Å². The molecule has 0 spiro atoms. The zero-order valence-corrected chi connectivity index (χ0v) is 26.5. The maximum Gasteiger partial charge on any atom is 0.319 e. The lowest BCUT2D eigenvalue weighted by Crippen LogP contribution is -2.43. The van der Waals surface area contributed by atoms with Crippen molar-refractivity contribution in [2.45, 2.75) is 50.2 Å². The number of aryl methyl sites for hydroxylation is 1. The first-order valence-corrected chi connectivity index (χ1v) is 16.7. The number of ether oxygens (including phenoxy) is 2. The highest BCUT2D eigenvalue weighted by molar-refractivity contribution is 6.01. The molecule has 252 valence electrons. The zero-order valence-electron chi connectivity index (χ0n) is 26.5. The van der Waals surface area contributed by atoms with Crippen molar-refractivity contribution < 1.29 is 32.5 Å². The Hall–Kier alpha value is -4.23. The quantitative estimate of drug-likeness (QED) is 0.323. The average molecular weight is 663 g/mol.